The summed E-state index contributed by atoms with van der Waals surface area (Å²) < 4.78 is 10.2. The molecule has 0 aliphatic carbocycles. The van der Waals surface area contributed by atoms with Crippen LogP contribution in [0.3, 0.4) is 0 Å². The first-order valence-corrected chi connectivity index (χ1v) is 7.20. The van der Waals surface area contributed by atoms with Gasteiger partial charge in [-0.05, 0) is 0 Å². The molecule has 1 saturated heterocycles. The van der Waals surface area contributed by atoms with Crippen molar-refractivity contribution in [3.8, 4) is 0 Å². The van der Waals surface area contributed by atoms with E-state index in [1.807, 2.05) is 5.38 Å². The molecule has 2 rings (SSSR count). The first-order valence-electron chi connectivity index (χ1n) is 6.32. The standard InChI is InChI=1S/C12H19N3O3S/c1-17-8-11-14-10(9-19-11)2-3-13-12(16)15-4-6-18-7-5-15/h9H,2-8H2,1H3,(H,13,16). The molecular formula is C12H19N3O3S. The lowest BCUT2D eigenvalue weighted by Gasteiger charge is -2.26. The zero-order valence-corrected chi connectivity index (χ0v) is 11.9. The van der Waals surface area contributed by atoms with E-state index < -0.39 is 0 Å². The minimum absolute atomic E-state index is 0.0179. The van der Waals surface area contributed by atoms with Gasteiger partial charge in [0.1, 0.15) is 5.01 Å². The Hall–Kier alpha value is -1.18. The molecule has 1 aromatic heterocycles. The number of methoxy groups -OCH3 is 1. The second-order valence-corrected chi connectivity index (χ2v) is 5.19. The number of carbonyl (C=O) groups excluding carboxylic acids is 1. The van der Waals surface area contributed by atoms with Crippen LogP contribution >= 0.6 is 11.3 Å². The highest BCUT2D eigenvalue weighted by Gasteiger charge is 2.15. The number of nitrogens with zero attached hydrogens (tertiary/aromatic N) is 2. The van der Waals surface area contributed by atoms with E-state index in [9.17, 15) is 4.79 Å². The summed E-state index contributed by atoms with van der Waals surface area (Å²) in [4.78, 5) is 18.0. The second-order valence-electron chi connectivity index (χ2n) is 4.25. The molecule has 0 bridgehead atoms. The van der Waals surface area contributed by atoms with Crippen molar-refractivity contribution in [1.82, 2.24) is 15.2 Å². The summed E-state index contributed by atoms with van der Waals surface area (Å²) in [6.07, 6.45) is 0.746. The van der Waals surface area contributed by atoms with E-state index in [1.54, 1.807) is 23.3 Å². The third-order valence-corrected chi connectivity index (χ3v) is 3.69. The molecule has 0 aromatic carbocycles. The Morgan fingerprint density at radius 1 is 1.58 bits per heavy atom. The van der Waals surface area contributed by atoms with Crippen molar-refractivity contribution in [3.05, 3.63) is 16.1 Å². The van der Waals surface area contributed by atoms with Crippen molar-refractivity contribution >= 4 is 17.4 Å². The number of nitrogens with one attached hydrogen (secondary N) is 1. The van der Waals surface area contributed by atoms with E-state index in [2.05, 4.69) is 10.3 Å². The number of carbonyl (C=O) groups is 1. The Labute approximate surface area is 116 Å². The number of aromatic nitrogens is 1. The molecule has 0 atom stereocenters. The summed E-state index contributed by atoms with van der Waals surface area (Å²) in [5.74, 6) is 0. The largest absolute Gasteiger partial charge is 0.378 e. The van der Waals surface area contributed by atoms with Crippen LogP contribution in [-0.2, 0) is 22.5 Å². The molecule has 1 fully saturated rings. The summed E-state index contributed by atoms with van der Waals surface area (Å²) in [7, 11) is 1.66. The lowest BCUT2D eigenvalue weighted by atomic mass is 10.3. The van der Waals surface area contributed by atoms with E-state index in [1.165, 1.54) is 0 Å². The number of hydrogen-bond donors (Lipinski definition) is 1. The van der Waals surface area contributed by atoms with Crippen molar-refractivity contribution in [2.45, 2.75) is 13.0 Å². The molecular weight excluding hydrogens is 266 g/mol. The maximum Gasteiger partial charge on any atom is 0.317 e. The Morgan fingerprint density at radius 3 is 3.11 bits per heavy atom. The monoisotopic (exact) mass is 285 g/mol. The van der Waals surface area contributed by atoms with E-state index >= 15 is 0 Å². The topological polar surface area (TPSA) is 63.7 Å². The SMILES string of the molecule is COCc1nc(CCNC(=O)N2CCOCC2)cs1. The Balaban J connectivity index is 1.68. The van der Waals surface area contributed by atoms with Gasteiger partial charge < -0.3 is 19.7 Å². The molecule has 0 saturated carbocycles. The smallest absolute Gasteiger partial charge is 0.317 e. The Kier molecular flexibility index (Phi) is 5.56. The van der Waals surface area contributed by atoms with Gasteiger partial charge in [0.05, 0.1) is 25.5 Å². The van der Waals surface area contributed by atoms with Crippen LogP contribution < -0.4 is 5.32 Å². The maximum atomic E-state index is 11.8. The first kappa shape index (κ1) is 14.2. The van der Waals surface area contributed by atoms with Crippen molar-refractivity contribution in [2.75, 3.05) is 40.0 Å². The third kappa shape index (κ3) is 4.45. The van der Waals surface area contributed by atoms with Crippen LogP contribution in [0.4, 0.5) is 4.79 Å². The summed E-state index contributed by atoms with van der Waals surface area (Å²) in [5, 5.41) is 5.89. The fourth-order valence-electron chi connectivity index (χ4n) is 1.83. The summed E-state index contributed by atoms with van der Waals surface area (Å²) in [5.41, 5.74) is 0.999. The van der Waals surface area contributed by atoms with Crippen LogP contribution in [0.25, 0.3) is 0 Å². The molecule has 19 heavy (non-hydrogen) atoms. The molecule has 0 spiro atoms. The van der Waals surface area contributed by atoms with Gasteiger partial charge in [0.2, 0.25) is 0 Å². The number of urea groups is 1. The Bertz CT molecular complexity index is 405. The van der Waals surface area contributed by atoms with Crippen LogP contribution in [0.1, 0.15) is 10.7 Å². The van der Waals surface area contributed by atoms with Gasteiger partial charge in [-0.15, -0.1) is 11.3 Å². The molecule has 0 radical (unpaired) electrons. The highest BCUT2D eigenvalue weighted by atomic mass is 32.1. The number of thiazole rings is 1. The zero-order chi connectivity index (χ0) is 13.5. The van der Waals surface area contributed by atoms with Crippen molar-refractivity contribution in [3.63, 3.8) is 0 Å². The van der Waals surface area contributed by atoms with Crippen LogP contribution in [0.15, 0.2) is 5.38 Å². The van der Waals surface area contributed by atoms with Crippen LogP contribution in [0.2, 0.25) is 0 Å². The minimum atomic E-state index is -0.0179. The number of morpholine rings is 1. The molecule has 106 valence electrons. The van der Waals surface area contributed by atoms with Gasteiger partial charge in [-0.2, -0.15) is 0 Å². The van der Waals surface area contributed by atoms with E-state index in [-0.39, 0.29) is 6.03 Å². The molecule has 2 heterocycles. The fourth-order valence-corrected chi connectivity index (χ4v) is 2.63. The summed E-state index contributed by atoms with van der Waals surface area (Å²) in [6, 6.07) is -0.0179. The quantitative estimate of drug-likeness (QED) is 0.872. The highest BCUT2D eigenvalue weighted by Crippen LogP contribution is 2.10. The first-order chi connectivity index (χ1) is 9.29. The van der Waals surface area contributed by atoms with Crippen molar-refractivity contribution in [1.29, 1.82) is 0 Å². The van der Waals surface area contributed by atoms with Crippen LogP contribution in [0, 0.1) is 0 Å². The molecule has 1 aliphatic heterocycles. The van der Waals surface area contributed by atoms with Gasteiger partial charge in [-0.3, -0.25) is 0 Å². The van der Waals surface area contributed by atoms with Gasteiger partial charge >= 0.3 is 6.03 Å². The predicted octanol–water partition coefficient (Wildman–Crippen LogP) is 0.874. The van der Waals surface area contributed by atoms with Gasteiger partial charge in [0.15, 0.2) is 0 Å². The molecule has 1 N–H and O–H groups in total. The average molecular weight is 285 g/mol. The lowest BCUT2D eigenvalue weighted by Crippen LogP contribution is -2.46. The van der Waals surface area contributed by atoms with Crippen LogP contribution in [-0.4, -0.2) is 55.9 Å². The van der Waals surface area contributed by atoms with E-state index in [0.717, 1.165) is 17.1 Å². The van der Waals surface area contributed by atoms with E-state index in [4.69, 9.17) is 9.47 Å². The molecule has 1 aliphatic rings. The van der Waals surface area contributed by atoms with Gasteiger partial charge in [0.25, 0.3) is 0 Å². The number of amides is 2. The van der Waals surface area contributed by atoms with Crippen LogP contribution in [0.5, 0.6) is 0 Å². The molecule has 1 aromatic rings. The third-order valence-electron chi connectivity index (χ3n) is 2.82. The number of ether oxygens (including phenoxy) is 2. The number of rotatable bonds is 5. The van der Waals surface area contributed by atoms with Crippen molar-refractivity contribution in [2.24, 2.45) is 0 Å². The second kappa shape index (κ2) is 7.42. The van der Waals surface area contributed by atoms with Gasteiger partial charge in [-0.25, -0.2) is 9.78 Å². The lowest BCUT2D eigenvalue weighted by molar-refractivity contribution is 0.0533. The van der Waals surface area contributed by atoms with Gasteiger partial charge in [-0.1, -0.05) is 0 Å². The van der Waals surface area contributed by atoms with E-state index in [0.29, 0.717) is 39.5 Å². The predicted molar refractivity (Wildman–Crippen MR) is 72.3 cm³/mol. The minimum Gasteiger partial charge on any atom is -0.378 e. The fraction of sp³-hybridized carbons (Fsp3) is 0.667. The molecule has 7 heteroatoms. The molecule has 0 unspecified atom stereocenters. The summed E-state index contributed by atoms with van der Waals surface area (Å²) >= 11 is 1.59. The normalized spacial score (nSPS) is 15.5. The molecule has 6 nitrogen and oxygen atoms in total. The zero-order valence-electron chi connectivity index (χ0n) is 11.1. The van der Waals surface area contributed by atoms with Gasteiger partial charge in [0, 0.05) is 38.5 Å². The number of hydrogen-bond acceptors (Lipinski definition) is 5. The van der Waals surface area contributed by atoms with Crippen molar-refractivity contribution < 1.29 is 14.3 Å². The molecule has 2 amide bonds. The Morgan fingerprint density at radius 2 is 2.37 bits per heavy atom. The average Bonchev–Trinajstić information content (AvgIpc) is 2.88. The summed E-state index contributed by atoms with van der Waals surface area (Å²) in [6.45, 7) is 3.73. The highest BCUT2D eigenvalue weighted by molar-refractivity contribution is 7.09. The maximum absolute atomic E-state index is 11.8.